The first-order valence-electron chi connectivity index (χ1n) is 7.39. The minimum atomic E-state index is -4.43. The van der Waals surface area contributed by atoms with Gasteiger partial charge in [0.15, 0.2) is 6.10 Å². The van der Waals surface area contributed by atoms with Crippen molar-refractivity contribution in [2.24, 2.45) is 0 Å². The zero-order valence-corrected chi connectivity index (χ0v) is 14.1. The molecule has 0 saturated carbocycles. The van der Waals surface area contributed by atoms with Gasteiger partial charge in [0.1, 0.15) is 0 Å². The quantitative estimate of drug-likeness (QED) is 0.799. The zero-order chi connectivity index (χ0) is 17.6. The number of hydrogen-bond acceptors (Lipinski definition) is 4. The number of pyridine rings is 1. The standard InChI is InChI=1S/C15H21BF3NO3/c1-9-7-11(16-22-13(3,4)14(5,6)23-16)8-20-12(9)21-10(2)15(17,18)19/h7-8,10H,1-6H3/t10-/m1/s1. The summed E-state index contributed by atoms with van der Waals surface area (Å²) in [5, 5.41) is 0. The Morgan fingerprint density at radius 3 is 2.13 bits per heavy atom. The van der Waals surface area contributed by atoms with Gasteiger partial charge in [0.25, 0.3) is 0 Å². The third-order valence-electron chi connectivity index (χ3n) is 4.33. The number of aryl methyl sites for hydroxylation is 1. The van der Waals surface area contributed by atoms with Gasteiger partial charge < -0.3 is 14.0 Å². The Morgan fingerprint density at radius 2 is 1.70 bits per heavy atom. The first-order chi connectivity index (χ1) is 10.3. The van der Waals surface area contributed by atoms with Crippen molar-refractivity contribution in [2.45, 2.75) is 65.0 Å². The summed E-state index contributed by atoms with van der Waals surface area (Å²) in [7, 11) is -0.611. The van der Waals surface area contributed by atoms with Crippen molar-refractivity contribution in [3.05, 3.63) is 17.8 Å². The zero-order valence-electron chi connectivity index (χ0n) is 14.1. The summed E-state index contributed by atoms with van der Waals surface area (Å²) in [6, 6.07) is 1.67. The van der Waals surface area contributed by atoms with Gasteiger partial charge in [-0.25, -0.2) is 4.98 Å². The third-order valence-corrected chi connectivity index (χ3v) is 4.33. The van der Waals surface area contributed by atoms with Crippen LogP contribution < -0.4 is 10.2 Å². The number of ether oxygens (including phenoxy) is 1. The van der Waals surface area contributed by atoms with E-state index in [-0.39, 0.29) is 5.88 Å². The summed E-state index contributed by atoms with van der Waals surface area (Å²) < 4.78 is 54.4. The predicted octanol–water partition coefficient (Wildman–Crippen LogP) is 3.02. The lowest BCUT2D eigenvalue weighted by Crippen LogP contribution is -2.41. The largest absolute Gasteiger partial charge is 0.496 e. The first-order valence-corrected chi connectivity index (χ1v) is 7.39. The molecule has 4 nitrogen and oxygen atoms in total. The van der Waals surface area contributed by atoms with E-state index in [1.165, 1.54) is 6.20 Å². The Morgan fingerprint density at radius 1 is 1.17 bits per heavy atom. The molecule has 0 spiro atoms. The molecule has 1 fully saturated rings. The molecule has 0 unspecified atom stereocenters. The normalized spacial score (nSPS) is 21.3. The number of nitrogens with zero attached hydrogens (tertiary/aromatic N) is 1. The Bertz CT molecular complexity index is 574. The fourth-order valence-electron chi connectivity index (χ4n) is 2.05. The molecule has 1 atom stereocenters. The highest BCUT2D eigenvalue weighted by atomic mass is 19.4. The van der Waals surface area contributed by atoms with Crippen molar-refractivity contribution < 1.29 is 27.2 Å². The molecule has 0 N–H and O–H groups in total. The van der Waals surface area contributed by atoms with Gasteiger partial charge in [0.05, 0.1) is 11.2 Å². The second kappa shape index (κ2) is 5.67. The van der Waals surface area contributed by atoms with Crippen molar-refractivity contribution in [3.8, 4) is 5.88 Å². The Hall–Kier alpha value is -1.28. The molecule has 1 saturated heterocycles. The van der Waals surface area contributed by atoms with Gasteiger partial charge in [0.2, 0.25) is 5.88 Å². The Labute approximate surface area is 134 Å². The minimum Gasteiger partial charge on any atom is -0.465 e. The van der Waals surface area contributed by atoms with Crippen LogP contribution in [0.2, 0.25) is 0 Å². The van der Waals surface area contributed by atoms with E-state index in [4.69, 9.17) is 14.0 Å². The molecule has 8 heteroatoms. The molecule has 2 heterocycles. The fraction of sp³-hybridized carbons (Fsp3) is 0.667. The van der Waals surface area contributed by atoms with Crippen molar-refractivity contribution in [2.75, 3.05) is 0 Å². The van der Waals surface area contributed by atoms with Gasteiger partial charge in [-0.2, -0.15) is 13.2 Å². The van der Waals surface area contributed by atoms with Gasteiger partial charge in [-0.05, 0) is 41.5 Å². The second-order valence-electron chi connectivity index (χ2n) is 6.78. The number of alkyl halides is 3. The van der Waals surface area contributed by atoms with Crippen LogP contribution in [0.4, 0.5) is 13.2 Å². The molecular weight excluding hydrogens is 310 g/mol. The number of hydrogen-bond donors (Lipinski definition) is 0. The molecule has 0 bridgehead atoms. The van der Waals surface area contributed by atoms with Crippen molar-refractivity contribution >= 4 is 12.6 Å². The number of rotatable bonds is 3. The summed E-state index contributed by atoms with van der Waals surface area (Å²) in [5.41, 5.74) is 0.151. The minimum absolute atomic E-state index is 0.0462. The summed E-state index contributed by atoms with van der Waals surface area (Å²) in [4.78, 5) is 3.99. The highest BCUT2D eigenvalue weighted by Gasteiger charge is 2.52. The summed E-state index contributed by atoms with van der Waals surface area (Å²) in [6.45, 7) is 10.3. The van der Waals surface area contributed by atoms with Gasteiger partial charge in [-0.1, -0.05) is 6.07 Å². The van der Waals surface area contributed by atoms with Gasteiger partial charge in [-0.3, -0.25) is 0 Å². The first kappa shape index (κ1) is 18.1. The molecule has 0 aliphatic carbocycles. The van der Waals surface area contributed by atoms with Crippen LogP contribution in [0.5, 0.6) is 5.88 Å². The van der Waals surface area contributed by atoms with E-state index in [1.54, 1.807) is 13.0 Å². The Kier molecular flexibility index (Phi) is 4.45. The van der Waals surface area contributed by atoms with E-state index >= 15 is 0 Å². The van der Waals surface area contributed by atoms with E-state index < -0.39 is 30.6 Å². The van der Waals surface area contributed by atoms with Crippen LogP contribution in [0.25, 0.3) is 0 Å². The lowest BCUT2D eigenvalue weighted by Gasteiger charge is -2.32. The monoisotopic (exact) mass is 331 g/mol. The molecule has 1 aromatic heterocycles. The van der Waals surface area contributed by atoms with E-state index in [0.29, 0.717) is 11.0 Å². The summed E-state index contributed by atoms with van der Waals surface area (Å²) >= 11 is 0. The highest BCUT2D eigenvalue weighted by Crippen LogP contribution is 2.36. The average molecular weight is 331 g/mol. The molecule has 1 aromatic rings. The lowest BCUT2D eigenvalue weighted by molar-refractivity contribution is -0.190. The smallest absolute Gasteiger partial charge is 0.465 e. The number of aromatic nitrogens is 1. The SMILES string of the molecule is Cc1cc(B2OC(C)(C)C(C)(C)O2)cnc1O[C@H](C)C(F)(F)F. The van der Waals surface area contributed by atoms with E-state index in [9.17, 15) is 13.2 Å². The molecule has 23 heavy (non-hydrogen) atoms. The van der Waals surface area contributed by atoms with Crippen LogP contribution >= 0.6 is 0 Å². The average Bonchev–Trinajstić information content (AvgIpc) is 2.59. The van der Waals surface area contributed by atoms with Crippen LogP contribution in [0.3, 0.4) is 0 Å². The van der Waals surface area contributed by atoms with Crippen LogP contribution in [0, 0.1) is 6.92 Å². The number of halogens is 3. The Balaban J connectivity index is 2.18. The lowest BCUT2D eigenvalue weighted by atomic mass is 9.80. The van der Waals surface area contributed by atoms with Gasteiger partial charge in [0, 0.05) is 17.2 Å². The molecule has 0 amide bonds. The van der Waals surface area contributed by atoms with Crippen LogP contribution in [-0.4, -0.2) is 35.6 Å². The third kappa shape index (κ3) is 3.63. The molecule has 1 aliphatic rings. The van der Waals surface area contributed by atoms with Crippen molar-refractivity contribution in [1.82, 2.24) is 4.98 Å². The maximum absolute atomic E-state index is 12.6. The second-order valence-corrected chi connectivity index (χ2v) is 6.78. The van der Waals surface area contributed by atoms with Gasteiger partial charge >= 0.3 is 13.3 Å². The maximum atomic E-state index is 12.6. The van der Waals surface area contributed by atoms with Crippen molar-refractivity contribution in [1.29, 1.82) is 0 Å². The van der Waals surface area contributed by atoms with E-state index in [1.807, 2.05) is 27.7 Å². The fourth-order valence-corrected chi connectivity index (χ4v) is 2.05. The highest BCUT2D eigenvalue weighted by molar-refractivity contribution is 6.62. The molecular formula is C15H21BF3NO3. The van der Waals surface area contributed by atoms with Crippen molar-refractivity contribution in [3.63, 3.8) is 0 Å². The molecule has 2 rings (SSSR count). The summed E-state index contributed by atoms with van der Waals surface area (Å²) in [6.07, 6.45) is -4.93. The maximum Gasteiger partial charge on any atom is 0.496 e. The van der Waals surface area contributed by atoms with E-state index in [0.717, 1.165) is 6.92 Å². The summed E-state index contributed by atoms with van der Waals surface area (Å²) in [5.74, 6) is -0.0462. The molecule has 1 aliphatic heterocycles. The predicted molar refractivity (Wildman–Crippen MR) is 80.8 cm³/mol. The van der Waals surface area contributed by atoms with Crippen LogP contribution in [0.15, 0.2) is 12.3 Å². The topological polar surface area (TPSA) is 40.6 Å². The van der Waals surface area contributed by atoms with E-state index in [2.05, 4.69) is 4.98 Å². The van der Waals surface area contributed by atoms with Crippen LogP contribution in [-0.2, 0) is 9.31 Å². The molecule has 128 valence electrons. The van der Waals surface area contributed by atoms with Gasteiger partial charge in [-0.15, -0.1) is 0 Å². The molecule has 0 aromatic carbocycles. The molecule has 0 radical (unpaired) electrons. The van der Waals surface area contributed by atoms with Crippen LogP contribution in [0.1, 0.15) is 40.2 Å².